The standard InChI is InChI=1S/C16H22N2O/c1-11(15-10-12-7-8-13(15)9-12)17-16(19)18-14-5-3-2-4-6-14/h2-6,11-13,15H,7-10H2,1H3,(H2,17,18,19)/t11-,12-,13-,15+/m0/s1. The number of para-hydroxylation sites is 1. The zero-order valence-electron chi connectivity index (χ0n) is 11.4. The predicted octanol–water partition coefficient (Wildman–Crippen LogP) is 3.63. The summed E-state index contributed by atoms with van der Waals surface area (Å²) < 4.78 is 0. The van der Waals surface area contributed by atoms with Crippen LogP contribution in [0.3, 0.4) is 0 Å². The molecule has 3 heteroatoms. The number of nitrogens with one attached hydrogen (secondary N) is 2. The summed E-state index contributed by atoms with van der Waals surface area (Å²) in [4.78, 5) is 12.0. The molecule has 0 aromatic heterocycles. The van der Waals surface area contributed by atoms with Crippen molar-refractivity contribution in [3.8, 4) is 0 Å². The van der Waals surface area contributed by atoms with E-state index in [1.807, 2.05) is 30.3 Å². The summed E-state index contributed by atoms with van der Waals surface area (Å²) in [5.41, 5.74) is 0.847. The fraction of sp³-hybridized carbons (Fsp3) is 0.562. The molecule has 2 aliphatic rings. The molecule has 0 radical (unpaired) electrons. The van der Waals surface area contributed by atoms with Crippen LogP contribution >= 0.6 is 0 Å². The van der Waals surface area contributed by atoms with Crippen molar-refractivity contribution < 1.29 is 4.79 Å². The third-order valence-corrected chi connectivity index (χ3v) is 4.83. The predicted molar refractivity (Wildman–Crippen MR) is 77.0 cm³/mol. The highest BCUT2D eigenvalue weighted by molar-refractivity contribution is 5.89. The molecular formula is C16H22N2O. The van der Waals surface area contributed by atoms with E-state index in [0.29, 0.717) is 5.92 Å². The molecule has 102 valence electrons. The van der Waals surface area contributed by atoms with E-state index in [9.17, 15) is 4.79 Å². The highest BCUT2D eigenvalue weighted by Crippen LogP contribution is 2.49. The maximum Gasteiger partial charge on any atom is 0.319 e. The number of carbonyl (C=O) groups excluding carboxylic acids is 1. The quantitative estimate of drug-likeness (QED) is 0.854. The van der Waals surface area contributed by atoms with Crippen LogP contribution in [0.15, 0.2) is 30.3 Å². The first-order chi connectivity index (χ1) is 9.22. The first-order valence-corrected chi connectivity index (χ1v) is 7.35. The number of amides is 2. The van der Waals surface area contributed by atoms with Gasteiger partial charge in [0, 0.05) is 11.7 Å². The summed E-state index contributed by atoms with van der Waals surface area (Å²) in [5.74, 6) is 2.45. The van der Waals surface area contributed by atoms with Gasteiger partial charge in [0.1, 0.15) is 0 Å². The summed E-state index contributed by atoms with van der Waals surface area (Å²) in [6.45, 7) is 2.15. The van der Waals surface area contributed by atoms with E-state index in [4.69, 9.17) is 0 Å². The van der Waals surface area contributed by atoms with Gasteiger partial charge in [-0.15, -0.1) is 0 Å². The van der Waals surface area contributed by atoms with Crippen LogP contribution in [0, 0.1) is 17.8 Å². The average Bonchev–Trinajstić information content (AvgIpc) is 3.02. The van der Waals surface area contributed by atoms with E-state index in [-0.39, 0.29) is 12.1 Å². The average molecular weight is 258 g/mol. The van der Waals surface area contributed by atoms with Crippen LogP contribution < -0.4 is 10.6 Å². The summed E-state index contributed by atoms with van der Waals surface area (Å²) in [7, 11) is 0. The first kappa shape index (κ1) is 12.5. The van der Waals surface area contributed by atoms with Gasteiger partial charge in [-0.3, -0.25) is 0 Å². The van der Waals surface area contributed by atoms with Crippen LogP contribution in [0.2, 0.25) is 0 Å². The molecule has 2 saturated carbocycles. The largest absolute Gasteiger partial charge is 0.335 e. The van der Waals surface area contributed by atoms with Crippen LogP contribution in [-0.4, -0.2) is 12.1 Å². The van der Waals surface area contributed by atoms with Crippen molar-refractivity contribution in [2.45, 2.75) is 38.6 Å². The lowest BCUT2D eigenvalue weighted by molar-refractivity contribution is 0.230. The van der Waals surface area contributed by atoms with Crippen LogP contribution in [0.1, 0.15) is 32.6 Å². The number of hydrogen-bond acceptors (Lipinski definition) is 1. The Morgan fingerprint density at radius 1 is 1.21 bits per heavy atom. The second-order valence-electron chi connectivity index (χ2n) is 6.09. The Kier molecular flexibility index (Phi) is 3.45. The molecule has 3 nitrogen and oxygen atoms in total. The zero-order chi connectivity index (χ0) is 13.2. The molecule has 2 aliphatic carbocycles. The molecule has 2 N–H and O–H groups in total. The Labute approximate surface area is 114 Å². The number of anilines is 1. The number of fused-ring (bicyclic) bond motifs is 2. The topological polar surface area (TPSA) is 41.1 Å². The first-order valence-electron chi connectivity index (χ1n) is 7.35. The van der Waals surface area contributed by atoms with Crippen molar-refractivity contribution in [2.75, 3.05) is 5.32 Å². The Morgan fingerprint density at radius 3 is 2.63 bits per heavy atom. The lowest BCUT2D eigenvalue weighted by Gasteiger charge is -2.28. The lowest BCUT2D eigenvalue weighted by Crippen LogP contribution is -2.42. The van der Waals surface area contributed by atoms with Gasteiger partial charge in [0.2, 0.25) is 0 Å². The van der Waals surface area contributed by atoms with E-state index in [1.165, 1.54) is 25.7 Å². The Bertz CT molecular complexity index is 445. The molecule has 2 bridgehead atoms. The molecule has 0 heterocycles. The van der Waals surface area contributed by atoms with Crippen molar-refractivity contribution in [1.29, 1.82) is 0 Å². The maximum absolute atomic E-state index is 12.0. The molecule has 1 aromatic rings. The number of carbonyl (C=O) groups is 1. The van der Waals surface area contributed by atoms with Crippen LogP contribution in [-0.2, 0) is 0 Å². The van der Waals surface area contributed by atoms with E-state index in [0.717, 1.165) is 17.5 Å². The fourth-order valence-electron chi connectivity index (χ4n) is 3.91. The molecule has 0 unspecified atom stereocenters. The van der Waals surface area contributed by atoms with Crippen molar-refractivity contribution in [1.82, 2.24) is 5.32 Å². The van der Waals surface area contributed by atoms with E-state index in [1.54, 1.807) is 0 Å². The second kappa shape index (κ2) is 5.24. The number of urea groups is 1. The smallest absolute Gasteiger partial charge is 0.319 e. The summed E-state index contributed by atoms with van der Waals surface area (Å²) >= 11 is 0. The normalized spacial score (nSPS) is 30.1. The molecule has 3 rings (SSSR count). The van der Waals surface area contributed by atoms with Gasteiger partial charge in [0.15, 0.2) is 0 Å². The van der Waals surface area contributed by atoms with Crippen molar-refractivity contribution in [3.05, 3.63) is 30.3 Å². The van der Waals surface area contributed by atoms with Gasteiger partial charge in [0.05, 0.1) is 0 Å². The second-order valence-corrected chi connectivity index (χ2v) is 6.09. The van der Waals surface area contributed by atoms with Crippen molar-refractivity contribution in [2.24, 2.45) is 17.8 Å². The van der Waals surface area contributed by atoms with Gasteiger partial charge in [-0.05, 0) is 56.1 Å². The van der Waals surface area contributed by atoms with Crippen LogP contribution in [0.5, 0.6) is 0 Å². The van der Waals surface area contributed by atoms with Crippen molar-refractivity contribution >= 4 is 11.7 Å². The van der Waals surface area contributed by atoms with Crippen molar-refractivity contribution in [3.63, 3.8) is 0 Å². The van der Waals surface area contributed by atoms with Gasteiger partial charge < -0.3 is 10.6 Å². The van der Waals surface area contributed by atoms with Crippen LogP contribution in [0.4, 0.5) is 10.5 Å². The van der Waals surface area contributed by atoms with E-state index in [2.05, 4.69) is 17.6 Å². The number of hydrogen-bond donors (Lipinski definition) is 2. The highest BCUT2D eigenvalue weighted by atomic mass is 16.2. The minimum Gasteiger partial charge on any atom is -0.335 e. The summed E-state index contributed by atoms with van der Waals surface area (Å²) in [5, 5.41) is 6.00. The van der Waals surface area contributed by atoms with Gasteiger partial charge >= 0.3 is 6.03 Å². The molecule has 4 atom stereocenters. The molecular weight excluding hydrogens is 236 g/mol. The third-order valence-electron chi connectivity index (χ3n) is 4.83. The molecule has 2 amide bonds. The minimum absolute atomic E-state index is 0.0820. The third kappa shape index (κ3) is 2.75. The Hall–Kier alpha value is -1.51. The van der Waals surface area contributed by atoms with Gasteiger partial charge in [-0.2, -0.15) is 0 Å². The molecule has 2 fully saturated rings. The highest BCUT2D eigenvalue weighted by Gasteiger charge is 2.42. The molecule has 19 heavy (non-hydrogen) atoms. The van der Waals surface area contributed by atoms with Gasteiger partial charge in [-0.1, -0.05) is 24.6 Å². The molecule has 0 spiro atoms. The van der Waals surface area contributed by atoms with E-state index < -0.39 is 0 Å². The van der Waals surface area contributed by atoms with Gasteiger partial charge in [0.25, 0.3) is 0 Å². The SMILES string of the molecule is C[C@H](NC(=O)Nc1ccccc1)[C@H]1C[C@H]2CC[C@H]1C2. The molecule has 0 saturated heterocycles. The Morgan fingerprint density at radius 2 is 2.00 bits per heavy atom. The Balaban J connectivity index is 1.52. The minimum atomic E-state index is -0.0820. The van der Waals surface area contributed by atoms with Crippen LogP contribution in [0.25, 0.3) is 0 Å². The summed E-state index contributed by atoms with van der Waals surface area (Å²) in [6, 6.07) is 9.80. The molecule has 1 aromatic carbocycles. The maximum atomic E-state index is 12.0. The van der Waals surface area contributed by atoms with E-state index >= 15 is 0 Å². The number of benzene rings is 1. The zero-order valence-corrected chi connectivity index (χ0v) is 11.4. The molecule has 0 aliphatic heterocycles. The fourth-order valence-corrected chi connectivity index (χ4v) is 3.91. The summed E-state index contributed by atoms with van der Waals surface area (Å²) in [6.07, 6.45) is 5.46. The monoisotopic (exact) mass is 258 g/mol. The number of rotatable bonds is 3. The lowest BCUT2D eigenvalue weighted by atomic mass is 9.84. The van der Waals surface area contributed by atoms with Gasteiger partial charge in [-0.25, -0.2) is 4.79 Å².